The van der Waals surface area contributed by atoms with Gasteiger partial charge in [0.2, 0.25) is 5.91 Å². The molecule has 0 unspecified atom stereocenters. The Hall–Kier alpha value is -1.47. The Labute approximate surface area is 123 Å². The van der Waals surface area contributed by atoms with Crippen LogP contribution in [0.4, 0.5) is 8.78 Å². The molecule has 0 fully saturated rings. The van der Waals surface area contributed by atoms with E-state index in [1.54, 1.807) is 6.20 Å². The van der Waals surface area contributed by atoms with Crippen LogP contribution in [-0.4, -0.2) is 23.2 Å². The van der Waals surface area contributed by atoms with E-state index in [1.165, 1.54) is 41.3 Å². The summed E-state index contributed by atoms with van der Waals surface area (Å²) in [7, 11) is 0. The van der Waals surface area contributed by atoms with Gasteiger partial charge in [0.1, 0.15) is 16.0 Å². The number of hydrogen-bond donors (Lipinski definition) is 1. The highest BCUT2D eigenvalue weighted by atomic mass is 32.2. The van der Waals surface area contributed by atoms with Crippen molar-refractivity contribution in [3.05, 3.63) is 47.0 Å². The third kappa shape index (κ3) is 4.28. The molecule has 0 radical (unpaired) electrons. The SMILES string of the molecule is O=C(CSc1nccs1)NCCc1c(F)cccc1F. The van der Waals surface area contributed by atoms with E-state index in [0.717, 1.165) is 4.34 Å². The van der Waals surface area contributed by atoms with Gasteiger partial charge in [0.25, 0.3) is 0 Å². The summed E-state index contributed by atoms with van der Waals surface area (Å²) < 4.78 is 27.5. The van der Waals surface area contributed by atoms with Crippen molar-refractivity contribution < 1.29 is 13.6 Å². The second kappa shape index (κ2) is 7.35. The predicted octanol–water partition coefficient (Wildman–Crippen LogP) is 2.87. The molecule has 3 nitrogen and oxygen atoms in total. The maximum atomic E-state index is 13.3. The number of carbonyl (C=O) groups excluding carboxylic acids is 1. The van der Waals surface area contributed by atoms with Gasteiger partial charge in [0, 0.05) is 23.7 Å². The summed E-state index contributed by atoms with van der Waals surface area (Å²) in [5, 5.41) is 4.47. The van der Waals surface area contributed by atoms with E-state index in [2.05, 4.69) is 10.3 Å². The third-order valence-electron chi connectivity index (χ3n) is 2.50. The highest BCUT2D eigenvalue weighted by molar-refractivity contribution is 8.01. The van der Waals surface area contributed by atoms with Gasteiger partial charge in [-0.3, -0.25) is 4.79 Å². The van der Waals surface area contributed by atoms with Crippen molar-refractivity contribution in [3.63, 3.8) is 0 Å². The van der Waals surface area contributed by atoms with Crippen molar-refractivity contribution in [2.75, 3.05) is 12.3 Å². The minimum Gasteiger partial charge on any atom is -0.355 e. The number of thiazole rings is 1. The molecule has 2 aromatic rings. The number of benzene rings is 1. The van der Waals surface area contributed by atoms with E-state index in [9.17, 15) is 13.6 Å². The minimum absolute atomic E-state index is 0.000349. The zero-order valence-electron chi connectivity index (χ0n) is 10.4. The van der Waals surface area contributed by atoms with Crippen LogP contribution in [0, 0.1) is 11.6 Å². The van der Waals surface area contributed by atoms with E-state index >= 15 is 0 Å². The molecule has 20 heavy (non-hydrogen) atoms. The zero-order valence-corrected chi connectivity index (χ0v) is 12.1. The first-order chi connectivity index (χ1) is 9.66. The Morgan fingerprint density at radius 2 is 2.10 bits per heavy atom. The molecule has 1 aromatic carbocycles. The lowest BCUT2D eigenvalue weighted by atomic mass is 10.1. The van der Waals surface area contributed by atoms with Crippen molar-refractivity contribution >= 4 is 29.0 Å². The normalized spacial score (nSPS) is 10.5. The first-order valence-electron chi connectivity index (χ1n) is 5.88. The van der Waals surface area contributed by atoms with Crippen LogP contribution in [0.3, 0.4) is 0 Å². The summed E-state index contributed by atoms with van der Waals surface area (Å²) in [6.45, 7) is 0.203. The molecule has 2 rings (SSSR count). The lowest BCUT2D eigenvalue weighted by molar-refractivity contribution is -0.118. The second-order valence-corrected chi connectivity index (χ2v) is 6.00. The van der Waals surface area contributed by atoms with E-state index in [4.69, 9.17) is 0 Å². The Balaban J connectivity index is 1.74. The molecule has 0 bridgehead atoms. The first kappa shape index (κ1) is 14.9. The largest absolute Gasteiger partial charge is 0.355 e. The van der Waals surface area contributed by atoms with Crippen molar-refractivity contribution in [2.24, 2.45) is 0 Å². The number of amides is 1. The van der Waals surface area contributed by atoms with Crippen LogP contribution in [0.2, 0.25) is 0 Å². The molecule has 0 aliphatic heterocycles. The van der Waals surface area contributed by atoms with Crippen LogP contribution in [0.5, 0.6) is 0 Å². The third-order valence-corrected chi connectivity index (χ3v) is 4.46. The average Bonchev–Trinajstić information content (AvgIpc) is 2.93. The number of nitrogens with one attached hydrogen (secondary N) is 1. The summed E-state index contributed by atoms with van der Waals surface area (Å²) in [4.78, 5) is 15.6. The zero-order chi connectivity index (χ0) is 14.4. The molecule has 0 saturated heterocycles. The fraction of sp³-hybridized carbons (Fsp3) is 0.231. The van der Waals surface area contributed by atoms with Crippen molar-refractivity contribution in [1.29, 1.82) is 0 Å². The van der Waals surface area contributed by atoms with Gasteiger partial charge >= 0.3 is 0 Å². The van der Waals surface area contributed by atoms with Crippen LogP contribution in [0.15, 0.2) is 34.1 Å². The summed E-state index contributed by atoms with van der Waals surface area (Å²) in [5.41, 5.74) is 0.000349. The van der Waals surface area contributed by atoms with Gasteiger partial charge in [-0.05, 0) is 18.6 Å². The predicted molar refractivity (Wildman–Crippen MR) is 75.9 cm³/mol. The summed E-state index contributed by atoms with van der Waals surface area (Å²) in [5.74, 6) is -1.11. The average molecular weight is 314 g/mol. The molecule has 7 heteroatoms. The number of nitrogens with zero attached hydrogens (tertiary/aromatic N) is 1. The van der Waals surface area contributed by atoms with Crippen molar-refractivity contribution in [1.82, 2.24) is 10.3 Å². The second-order valence-electron chi connectivity index (χ2n) is 3.89. The molecule has 0 aliphatic carbocycles. The highest BCUT2D eigenvalue weighted by Crippen LogP contribution is 2.19. The maximum Gasteiger partial charge on any atom is 0.230 e. The molecular weight excluding hydrogens is 302 g/mol. The molecule has 1 N–H and O–H groups in total. The number of carbonyl (C=O) groups is 1. The lowest BCUT2D eigenvalue weighted by Crippen LogP contribution is -2.27. The monoisotopic (exact) mass is 314 g/mol. The molecular formula is C13H12F2N2OS2. The Morgan fingerprint density at radius 3 is 2.75 bits per heavy atom. The lowest BCUT2D eigenvalue weighted by Gasteiger charge is -2.06. The Morgan fingerprint density at radius 1 is 1.35 bits per heavy atom. The van der Waals surface area contributed by atoms with Gasteiger partial charge in [-0.2, -0.15) is 0 Å². The van der Waals surface area contributed by atoms with E-state index in [0.29, 0.717) is 0 Å². The minimum atomic E-state index is -0.587. The maximum absolute atomic E-state index is 13.3. The molecule has 1 heterocycles. The smallest absolute Gasteiger partial charge is 0.230 e. The van der Waals surface area contributed by atoms with E-state index in [1.807, 2.05) is 5.38 Å². The number of halogens is 2. The highest BCUT2D eigenvalue weighted by Gasteiger charge is 2.09. The van der Waals surface area contributed by atoms with Crippen LogP contribution >= 0.6 is 23.1 Å². The number of rotatable bonds is 6. The molecule has 0 aliphatic rings. The van der Waals surface area contributed by atoms with Crippen molar-refractivity contribution in [2.45, 2.75) is 10.8 Å². The molecule has 0 spiro atoms. The molecule has 1 aromatic heterocycles. The fourth-order valence-corrected chi connectivity index (χ4v) is 3.03. The molecule has 0 atom stereocenters. The van der Waals surface area contributed by atoms with Crippen LogP contribution < -0.4 is 5.32 Å². The molecule has 106 valence electrons. The van der Waals surface area contributed by atoms with Crippen LogP contribution in [-0.2, 0) is 11.2 Å². The topological polar surface area (TPSA) is 42.0 Å². The molecule has 0 saturated carbocycles. The summed E-state index contributed by atoms with van der Waals surface area (Å²) >= 11 is 2.80. The van der Waals surface area contributed by atoms with Gasteiger partial charge in [-0.25, -0.2) is 13.8 Å². The number of hydrogen-bond acceptors (Lipinski definition) is 4. The standard InChI is InChI=1S/C13H12F2N2OS2/c14-10-2-1-3-11(15)9(10)4-5-16-12(18)8-20-13-17-6-7-19-13/h1-3,6-7H,4-5,8H2,(H,16,18). The quantitative estimate of drug-likeness (QED) is 0.834. The van der Waals surface area contributed by atoms with E-state index in [-0.39, 0.29) is 30.2 Å². The first-order valence-corrected chi connectivity index (χ1v) is 7.75. The van der Waals surface area contributed by atoms with Crippen LogP contribution in [0.25, 0.3) is 0 Å². The van der Waals surface area contributed by atoms with Gasteiger partial charge < -0.3 is 5.32 Å². The van der Waals surface area contributed by atoms with Gasteiger partial charge in [0.05, 0.1) is 5.75 Å². The fourth-order valence-electron chi connectivity index (χ4n) is 1.56. The summed E-state index contributed by atoms with van der Waals surface area (Å²) in [6, 6.07) is 3.73. The van der Waals surface area contributed by atoms with Gasteiger partial charge in [-0.15, -0.1) is 11.3 Å². The van der Waals surface area contributed by atoms with Crippen LogP contribution in [0.1, 0.15) is 5.56 Å². The Kier molecular flexibility index (Phi) is 5.49. The number of thioether (sulfide) groups is 1. The van der Waals surface area contributed by atoms with Gasteiger partial charge in [0.15, 0.2) is 0 Å². The molecule has 1 amide bonds. The van der Waals surface area contributed by atoms with E-state index < -0.39 is 11.6 Å². The van der Waals surface area contributed by atoms with Gasteiger partial charge in [-0.1, -0.05) is 17.8 Å². The summed E-state index contributed by atoms with van der Waals surface area (Å²) in [6.07, 6.45) is 1.80. The Bertz CT molecular complexity index is 556. The van der Waals surface area contributed by atoms with Crippen molar-refractivity contribution in [3.8, 4) is 0 Å². The number of aromatic nitrogens is 1.